The molecule has 0 aromatic heterocycles. The third-order valence-corrected chi connectivity index (χ3v) is 5.08. The van der Waals surface area contributed by atoms with E-state index in [-0.39, 0.29) is 18.2 Å². The van der Waals surface area contributed by atoms with Gasteiger partial charge in [-0.15, -0.1) is 0 Å². The van der Waals surface area contributed by atoms with Gasteiger partial charge in [-0.2, -0.15) is 0 Å². The number of carbonyl (C=O) groups is 3. The number of rotatable bonds is 5. The van der Waals surface area contributed by atoms with Crippen LogP contribution in [0.3, 0.4) is 0 Å². The summed E-state index contributed by atoms with van der Waals surface area (Å²) in [7, 11) is 1.32. The molecular formula is C22H24N2O4. The summed E-state index contributed by atoms with van der Waals surface area (Å²) >= 11 is 0. The number of ether oxygens (including phenoxy) is 1. The normalized spacial score (nSPS) is 16.2. The van der Waals surface area contributed by atoms with E-state index in [1.807, 2.05) is 32.0 Å². The highest BCUT2D eigenvalue weighted by molar-refractivity contribution is 6.04. The number of anilines is 2. The maximum Gasteiger partial charge on any atom is 0.337 e. The number of benzene rings is 2. The molecule has 2 aromatic rings. The molecule has 1 heterocycles. The van der Waals surface area contributed by atoms with E-state index in [2.05, 4.69) is 10.1 Å². The van der Waals surface area contributed by atoms with Crippen molar-refractivity contribution in [2.45, 2.75) is 26.7 Å². The third kappa shape index (κ3) is 3.91. The highest BCUT2D eigenvalue weighted by Gasteiger charge is 2.35. The lowest BCUT2D eigenvalue weighted by Crippen LogP contribution is -2.28. The van der Waals surface area contributed by atoms with E-state index in [9.17, 15) is 14.4 Å². The molecule has 1 aliphatic rings. The summed E-state index contributed by atoms with van der Waals surface area (Å²) in [4.78, 5) is 38.4. The second kappa shape index (κ2) is 8.25. The summed E-state index contributed by atoms with van der Waals surface area (Å²) in [6, 6.07) is 12.6. The fourth-order valence-electron chi connectivity index (χ4n) is 3.46. The molecule has 146 valence electrons. The van der Waals surface area contributed by atoms with Crippen molar-refractivity contribution in [3.8, 4) is 0 Å². The number of para-hydroxylation sites is 1. The molecule has 1 unspecified atom stereocenters. The average Bonchev–Trinajstić information content (AvgIpc) is 3.10. The van der Waals surface area contributed by atoms with Crippen molar-refractivity contribution in [3.05, 3.63) is 59.2 Å². The Morgan fingerprint density at radius 2 is 1.89 bits per heavy atom. The average molecular weight is 380 g/mol. The van der Waals surface area contributed by atoms with Gasteiger partial charge in [0.15, 0.2) is 0 Å². The first kappa shape index (κ1) is 19.6. The molecule has 2 amide bonds. The van der Waals surface area contributed by atoms with E-state index < -0.39 is 11.9 Å². The van der Waals surface area contributed by atoms with Crippen molar-refractivity contribution < 1.29 is 19.1 Å². The van der Waals surface area contributed by atoms with Gasteiger partial charge in [0.05, 0.1) is 18.6 Å². The Bertz CT molecular complexity index is 905. The molecule has 0 radical (unpaired) electrons. The first-order chi connectivity index (χ1) is 13.4. The summed E-state index contributed by atoms with van der Waals surface area (Å²) < 4.78 is 4.68. The van der Waals surface area contributed by atoms with E-state index in [1.54, 1.807) is 29.2 Å². The maximum atomic E-state index is 12.8. The van der Waals surface area contributed by atoms with Crippen LogP contribution in [-0.4, -0.2) is 31.4 Å². The molecule has 1 saturated heterocycles. The number of esters is 1. The third-order valence-electron chi connectivity index (χ3n) is 5.08. The lowest BCUT2D eigenvalue weighted by Gasteiger charge is -2.18. The van der Waals surface area contributed by atoms with Crippen LogP contribution < -0.4 is 10.2 Å². The van der Waals surface area contributed by atoms with Gasteiger partial charge in [-0.05, 0) is 48.7 Å². The molecule has 1 fully saturated rings. The van der Waals surface area contributed by atoms with Gasteiger partial charge in [-0.25, -0.2) is 4.79 Å². The van der Waals surface area contributed by atoms with Gasteiger partial charge in [0.25, 0.3) is 0 Å². The number of hydrogen-bond donors (Lipinski definition) is 1. The number of methoxy groups -OCH3 is 1. The minimum atomic E-state index is -0.429. The second-order valence-corrected chi connectivity index (χ2v) is 6.90. The van der Waals surface area contributed by atoms with Gasteiger partial charge in [-0.1, -0.05) is 25.1 Å². The molecule has 0 saturated carbocycles. The fraction of sp³-hybridized carbons (Fsp3) is 0.318. The quantitative estimate of drug-likeness (QED) is 0.808. The Kier molecular flexibility index (Phi) is 5.78. The predicted molar refractivity (Wildman–Crippen MR) is 107 cm³/mol. The molecule has 28 heavy (non-hydrogen) atoms. The van der Waals surface area contributed by atoms with Gasteiger partial charge in [0.1, 0.15) is 0 Å². The van der Waals surface area contributed by atoms with E-state index in [0.29, 0.717) is 17.8 Å². The summed E-state index contributed by atoms with van der Waals surface area (Å²) in [6.45, 7) is 4.32. The molecule has 0 spiro atoms. The van der Waals surface area contributed by atoms with Gasteiger partial charge in [0, 0.05) is 24.3 Å². The summed E-state index contributed by atoms with van der Waals surface area (Å²) in [6.07, 6.45) is 0.984. The zero-order valence-corrected chi connectivity index (χ0v) is 16.3. The van der Waals surface area contributed by atoms with Crippen molar-refractivity contribution in [3.63, 3.8) is 0 Å². The highest BCUT2D eigenvalue weighted by Crippen LogP contribution is 2.28. The van der Waals surface area contributed by atoms with Crippen molar-refractivity contribution in [2.24, 2.45) is 5.92 Å². The van der Waals surface area contributed by atoms with E-state index in [0.717, 1.165) is 23.2 Å². The maximum absolute atomic E-state index is 12.8. The van der Waals surface area contributed by atoms with E-state index in [1.165, 1.54) is 7.11 Å². The van der Waals surface area contributed by atoms with Crippen LogP contribution in [0.2, 0.25) is 0 Å². The van der Waals surface area contributed by atoms with Crippen LogP contribution >= 0.6 is 0 Å². The highest BCUT2D eigenvalue weighted by atomic mass is 16.5. The van der Waals surface area contributed by atoms with Crippen LogP contribution in [0.25, 0.3) is 0 Å². The standard InChI is InChI=1S/C22H24N2O4/c1-4-15-7-5-6-14(2)20(15)23-21(26)17-12-19(25)24(13-17)18-10-8-16(9-11-18)22(27)28-3/h5-11,17H,4,12-13H2,1-3H3,(H,23,26). The number of aryl methyl sites for hydroxylation is 2. The summed E-state index contributed by atoms with van der Waals surface area (Å²) in [5.41, 5.74) is 4.00. The Labute approximate surface area is 164 Å². The number of carbonyl (C=O) groups excluding carboxylic acids is 3. The molecule has 1 atom stereocenters. The molecule has 0 bridgehead atoms. The van der Waals surface area contributed by atoms with Gasteiger partial charge in [-0.3, -0.25) is 9.59 Å². The monoisotopic (exact) mass is 380 g/mol. The van der Waals surface area contributed by atoms with Crippen molar-refractivity contribution >= 4 is 29.2 Å². The van der Waals surface area contributed by atoms with Gasteiger partial charge >= 0.3 is 5.97 Å². The van der Waals surface area contributed by atoms with Crippen LogP contribution in [0.5, 0.6) is 0 Å². The largest absolute Gasteiger partial charge is 0.465 e. The van der Waals surface area contributed by atoms with Crippen LogP contribution in [-0.2, 0) is 20.7 Å². The molecular weight excluding hydrogens is 356 g/mol. The minimum Gasteiger partial charge on any atom is -0.465 e. The Morgan fingerprint density at radius 1 is 1.18 bits per heavy atom. The van der Waals surface area contributed by atoms with Crippen LogP contribution in [0.1, 0.15) is 34.8 Å². The number of nitrogens with one attached hydrogen (secondary N) is 1. The topological polar surface area (TPSA) is 75.7 Å². The molecule has 1 N–H and O–H groups in total. The minimum absolute atomic E-state index is 0.105. The van der Waals surface area contributed by atoms with E-state index in [4.69, 9.17) is 0 Å². The molecule has 1 aliphatic heterocycles. The lowest BCUT2D eigenvalue weighted by atomic mass is 10.0. The molecule has 0 aliphatic carbocycles. The molecule has 6 heteroatoms. The Morgan fingerprint density at radius 3 is 2.54 bits per heavy atom. The first-order valence-electron chi connectivity index (χ1n) is 9.32. The van der Waals surface area contributed by atoms with Crippen molar-refractivity contribution in [1.29, 1.82) is 0 Å². The second-order valence-electron chi connectivity index (χ2n) is 6.90. The first-order valence-corrected chi connectivity index (χ1v) is 9.32. The molecule has 3 rings (SSSR count). The number of hydrogen-bond acceptors (Lipinski definition) is 4. The lowest BCUT2D eigenvalue weighted by molar-refractivity contribution is -0.122. The number of amides is 2. The zero-order valence-electron chi connectivity index (χ0n) is 16.3. The Hall–Kier alpha value is -3.15. The molecule has 6 nitrogen and oxygen atoms in total. The van der Waals surface area contributed by atoms with E-state index >= 15 is 0 Å². The van der Waals surface area contributed by atoms with Gasteiger partial charge in [0.2, 0.25) is 11.8 Å². The fourth-order valence-corrected chi connectivity index (χ4v) is 3.46. The smallest absolute Gasteiger partial charge is 0.337 e. The zero-order chi connectivity index (χ0) is 20.3. The summed E-state index contributed by atoms with van der Waals surface area (Å²) in [5.74, 6) is -1.10. The van der Waals surface area contributed by atoms with Crippen LogP contribution in [0, 0.1) is 12.8 Å². The predicted octanol–water partition coefficient (Wildman–Crippen LogP) is 3.34. The number of nitrogens with zero attached hydrogens (tertiary/aromatic N) is 1. The van der Waals surface area contributed by atoms with Crippen LogP contribution in [0.4, 0.5) is 11.4 Å². The summed E-state index contributed by atoms with van der Waals surface area (Å²) in [5, 5.41) is 3.02. The van der Waals surface area contributed by atoms with Gasteiger partial charge < -0.3 is 15.0 Å². The van der Waals surface area contributed by atoms with Crippen molar-refractivity contribution in [1.82, 2.24) is 0 Å². The van der Waals surface area contributed by atoms with Crippen molar-refractivity contribution in [2.75, 3.05) is 23.9 Å². The van der Waals surface area contributed by atoms with Crippen LogP contribution in [0.15, 0.2) is 42.5 Å². The SMILES string of the molecule is CCc1cccc(C)c1NC(=O)C1CC(=O)N(c2ccc(C(=O)OC)cc2)C1. The molecule has 2 aromatic carbocycles. The Balaban J connectivity index is 1.72.